The fourth-order valence-electron chi connectivity index (χ4n) is 2.46. The van der Waals surface area contributed by atoms with Gasteiger partial charge in [0, 0.05) is 29.3 Å². The SMILES string of the molecule is N.O=C(O)Cc1cc2cc(OCCCNc3ccccn3)ccc2[nH]1. The van der Waals surface area contributed by atoms with Gasteiger partial charge in [-0.2, -0.15) is 0 Å². The predicted molar refractivity (Wildman–Crippen MR) is 97.5 cm³/mol. The van der Waals surface area contributed by atoms with Gasteiger partial charge in [0.1, 0.15) is 11.6 Å². The highest BCUT2D eigenvalue weighted by molar-refractivity contribution is 5.83. The van der Waals surface area contributed by atoms with Crippen LogP contribution in [0, 0.1) is 0 Å². The first-order valence-electron chi connectivity index (χ1n) is 7.82. The molecule has 0 saturated carbocycles. The summed E-state index contributed by atoms with van der Waals surface area (Å²) in [6.07, 6.45) is 2.60. The molecular weight excluding hydrogens is 320 g/mol. The van der Waals surface area contributed by atoms with E-state index in [1.54, 1.807) is 6.20 Å². The van der Waals surface area contributed by atoms with Crippen molar-refractivity contribution in [2.45, 2.75) is 12.8 Å². The van der Waals surface area contributed by atoms with Gasteiger partial charge in [0.2, 0.25) is 0 Å². The van der Waals surface area contributed by atoms with Gasteiger partial charge in [-0.3, -0.25) is 4.79 Å². The van der Waals surface area contributed by atoms with E-state index in [0.29, 0.717) is 12.3 Å². The van der Waals surface area contributed by atoms with Crippen molar-refractivity contribution in [3.63, 3.8) is 0 Å². The van der Waals surface area contributed by atoms with Crippen molar-refractivity contribution in [3.8, 4) is 5.75 Å². The van der Waals surface area contributed by atoms with Crippen LogP contribution >= 0.6 is 0 Å². The number of aromatic nitrogens is 2. The fourth-order valence-corrected chi connectivity index (χ4v) is 2.46. The summed E-state index contributed by atoms with van der Waals surface area (Å²) in [5.74, 6) is 0.789. The van der Waals surface area contributed by atoms with Gasteiger partial charge in [0.05, 0.1) is 13.0 Å². The molecule has 0 atom stereocenters. The Kier molecular flexibility index (Phi) is 6.36. The predicted octanol–water partition coefficient (Wildman–Crippen LogP) is 3.23. The summed E-state index contributed by atoms with van der Waals surface area (Å²) >= 11 is 0. The summed E-state index contributed by atoms with van der Waals surface area (Å²) in [7, 11) is 0. The zero-order valence-electron chi connectivity index (χ0n) is 13.9. The largest absolute Gasteiger partial charge is 0.494 e. The van der Waals surface area contributed by atoms with E-state index >= 15 is 0 Å². The van der Waals surface area contributed by atoms with E-state index in [9.17, 15) is 4.79 Å². The van der Waals surface area contributed by atoms with Crippen LogP contribution in [0.3, 0.4) is 0 Å². The fraction of sp³-hybridized carbons (Fsp3) is 0.222. The summed E-state index contributed by atoms with van der Waals surface area (Å²) in [4.78, 5) is 18.1. The third kappa shape index (κ3) is 5.22. The Hall–Kier alpha value is -3.06. The Morgan fingerprint density at radius 3 is 2.88 bits per heavy atom. The summed E-state index contributed by atoms with van der Waals surface area (Å²) in [5.41, 5.74) is 1.60. The van der Waals surface area contributed by atoms with Crippen molar-refractivity contribution in [1.82, 2.24) is 16.1 Å². The Morgan fingerprint density at radius 1 is 1.24 bits per heavy atom. The number of carboxylic acid groups (broad SMARTS) is 1. The molecule has 132 valence electrons. The van der Waals surface area contributed by atoms with Crippen molar-refractivity contribution in [2.75, 3.05) is 18.5 Å². The average molecular weight is 342 g/mol. The Morgan fingerprint density at radius 2 is 2.12 bits per heavy atom. The van der Waals surface area contributed by atoms with E-state index in [2.05, 4.69) is 15.3 Å². The van der Waals surface area contributed by atoms with Gasteiger partial charge in [-0.1, -0.05) is 6.07 Å². The summed E-state index contributed by atoms with van der Waals surface area (Å²) in [6.45, 7) is 1.38. The number of anilines is 1. The molecule has 0 fully saturated rings. The van der Waals surface area contributed by atoms with Crippen LogP contribution in [0.4, 0.5) is 5.82 Å². The molecule has 0 amide bonds. The average Bonchev–Trinajstić information content (AvgIpc) is 2.96. The number of hydrogen-bond acceptors (Lipinski definition) is 5. The second kappa shape index (κ2) is 8.70. The second-order valence-electron chi connectivity index (χ2n) is 5.46. The number of aromatic amines is 1. The van der Waals surface area contributed by atoms with Crippen LogP contribution in [0.2, 0.25) is 0 Å². The first kappa shape index (κ1) is 18.3. The number of H-pyrrole nitrogens is 1. The summed E-state index contributed by atoms with van der Waals surface area (Å²) in [5, 5.41) is 13.0. The number of nitrogens with one attached hydrogen (secondary N) is 2. The third-order valence-corrected chi connectivity index (χ3v) is 3.55. The minimum absolute atomic E-state index is 0. The minimum Gasteiger partial charge on any atom is -0.494 e. The van der Waals surface area contributed by atoms with Gasteiger partial charge in [-0.15, -0.1) is 0 Å². The molecule has 2 aromatic heterocycles. The molecular formula is C18H22N4O3. The van der Waals surface area contributed by atoms with Gasteiger partial charge in [0.15, 0.2) is 0 Å². The van der Waals surface area contributed by atoms with E-state index in [0.717, 1.165) is 35.4 Å². The van der Waals surface area contributed by atoms with Crippen LogP contribution < -0.4 is 16.2 Å². The number of rotatable bonds is 8. The number of benzene rings is 1. The van der Waals surface area contributed by atoms with Crippen LogP contribution in [0.1, 0.15) is 12.1 Å². The number of carbonyl (C=O) groups is 1. The Labute approximate surface area is 145 Å². The molecule has 7 heteroatoms. The van der Waals surface area contributed by atoms with Gasteiger partial charge in [0.25, 0.3) is 0 Å². The van der Waals surface area contributed by atoms with E-state index < -0.39 is 5.97 Å². The molecule has 6 N–H and O–H groups in total. The minimum atomic E-state index is -0.849. The second-order valence-corrected chi connectivity index (χ2v) is 5.46. The van der Waals surface area contributed by atoms with Crippen molar-refractivity contribution >= 4 is 22.7 Å². The Bertz CT molecular complexity index is 818. The number of nitrogens with zero attached hydrogens (tertiary/aromatic N) is 1. The van der Waals surface area contributed by atoms with E-state index in [1.807, 2.05) is 42.5 Å². The van der Waals surface area contributed by atoms with Gasteiger partial charge in [-0.05, 0) is 42.8 Å². The van der Waals surface area contributed by atoms with Crippen LogP contribution in [-0.4, -0.2) is 34.2 Å². The zero-order chi connectivity index (χ0) is 16.8. The molecule has 25 heavy (non-hydrogen) atoms. The molecule has 0 aliphatic carbocycles. The summed E-state index contributed by atoms with van der Waals surface area (Å²) < 4.78 is 5.75. The van der Waals surface area contributed by atoms with E-state index in [4.69, 9.17) is 9.84 Å². The first-order valence-corrected chi connectivity index (χ1v) is 7.82. The molecule has 7 nitrogen and oxygen atoms in total. The monoisotopic (exact) mass is 342 g/mol. The van der Waals surface area contributed by atoms with Crippen LogP contribution in [0.5, 0.6) is 5.75 Å². The third-order valence-electron chi connectivity index (χ3n) is 3.55. The standard InChI is InChI=1S/C18H19N3O3.H3N/c22-18(23)12-14-10-13-11-15(5-6-16(13)21-14)24-9-3-8-20-17-4-1-2-7-19-17;/h1-2,4-7,10-11,21H,3,8-9,12H2,(H,19,20)(H,22,23);1H3. The lowest BCUT2D eigenvalue weighted by atomic mass is 10.2. The number of aliphatic carboxylic acids is 1. The number of ether oxygens (including phenoxy) is 1. The maximum atomic E-state index is 10.8. The molecule has 0 bridgehead atoms. The highest BCUT2D eigenvalue weighted by atomic mass is 16.5. The Balaban J connectivity index is 0.00000225. The maximum absolute atomic E-state index is 10.8. The summed E-state index contributed by atoms with van der Waals surface area (Å²) in [6, 6.07) is 13.3. The van der Waals surface area contributed by atoms with Crippen LogP contribution in [-0.2, 0) is 11.2 Å². The number of hydrogen-bond donors (Lipinski definition) is 4. The normalized spacial score (nSPS) is 10.2. The van der Waals surface area contributed by atoms with Gasteiger partial charge < -0.3 is 26.3 Å². The molecule has 0 aliphatic heterocycles. The van der Waals surface area contributed by atoms with Crippen molar-refractivity contribution < 1.29 is 14.6 Å². The maximum Gasteiger partial charge on any atom is 0.309 e. The van der Waals surface area contributed by atoms with Crippen LogP contribution in [0.15, 0.2) is 48.7 Å². The van der Waals surface area contributed by atoms with Crippen molar-refractivity contribution in [3.05, 3.63) is 54.4 Å². The van der Waals surface area contributed by atoms with Gasteiger partial charge >= 0.3 is 5.97 Å². The zero-order valence-corrected chi connectivity index (χ0v) is 13.9. The first-order chi connectivity index (χ1) is 11.7. The molecule has 0 saturated heterocycles. The highest BCUT2D eigenvalue weighted by Crippen LogP contribution is 2.22. The highest BCUT2D eigenvalue weighted by Gasteiger charge is 2.06. The molecule has 1 aromatic carbocycles. The molecule has 0 aliphatic rings. The molecule has 3 aromatic rings. The van der Waals surface area contributed by atoms with Crippen molar-refractivity contribution in [1.29, 1.82) is 0 Å². The molecule has 0 radical (unpaired) electrons. The quantitative estimate of drug-likeness (QED) is 0.466. The van der Waals surface area contributed by atoms with E-state index in [-0.39, 0.29) is 12.6 Å². The lowest BCUT2D eigenvalue weighted by molar-refractivity contribution is -0.136. The molecule has 0 spiro atoms. The topological polar surface area (TPSA) is 122 Å². The molecule has 2 heterocycles. The lowest BCUT2D eigenvalue weighted by Crippen LogP contribution is -2.07. The van der Waals surface area contributed by atoms with Gasteiger partial charge in [-0.25, -0.2) is 4.98 Å². The van der Waals surface area contributed by atoms with E-state index in [1.165, 1.54) is 0 Å². The lowest BCUT2D eigenvalue weighted by Gasteiger charge is -2.07. The van der Waals surface area contributed by atoms with Crippen molar-refractivity contribution in [2.24, 2.45) is 0 Å². The van der Waals surface area contributed by atoms with Crippen LogP contribution in [0.25, 0.3) is 10.9 Å². The number of carboxylic acids is 1. The number of fused-ring (bicyclic) bond motifs is 1. The molecule has 0 unspecified atom stereocenters. The smallest absolute Gasteiger partial charge is 0.309 e. The molecule has 3 rings (SSSR count). The number of pyridine rings is 1.